The summed E-state index contributed by atoms with van der Waals surface area (Å²) in [5.41, 5.74) is -1.71. The highest BCUT2D eigenvalue weighted by Gasteiger charge is 2.61. The van der Waals surface area contributed by atoms with Crippen LogP contribution in [0.2, 0.25) is 0 Å². The number of hydrogen-bond acceptors (Lipinski definition) is 3. The van der Waals surface area contributed by atoms with Crippen LogP contribution in [0.4, 0.5) is 0 Å². The molecule has 78 valence electrons. The van der Waals surface area contributed by atoms with Gasteiger partial charge in [0.2, 0.25) is 0 Å². The van der Waals surface area contributed by atoms with Crippen molar-refractivity contribution in [2.75, 3.05) is 0 Å². The zero-order chi connectivity index (χ0) is 10.4. The van der Waals surface area contributed by atoms with Crippen LogP contribution in [-0.2, 0) is 9.59 Å². The molecular weight excluding hydrogens is 180 g/mol. The third kappa shape index (κ3) is 0.962. The maximum Gasteiger partial charge on any atom is 0.141 e. The van der Waals surface area contributed by atoms with Gasteiger partial charge in [-0.15, -0.1) is 0 Å². The minimum atomic E-state index is -1.05. The molecule has 0 aliphatic heterocycles. The molecule has 2 aliphatic carbocycles. The summed E-state index contributed by atoms with van der Waals surface area (Å²) >= 11 is 0. The average Bonchev–Trinajstić information content (AvgIpc) is 2.40. The lowest BCUT2D eigenvalue weighted by Gasteiger charge is -2.45. The summed E-state index contributed by atoms with van der Waals surface area (Å²) in [7, 11) is 0. The number of Topliss-reactive ketones (excluding diaryl/α,β-unsaturated/α-hetero) is 1. The average molecular weight is 196 g/mol. The lowest BCUT2D eigenvalue weighted by atomic mass is 9.61. The molecule has 14 heavy (non-hydrogen) atoms. The first-order valence-electron chi connectivity index (χ1n) is 5.25. The largest absolute Gasteiger partial charge is 0.388 e. The molecule has 2 rings (SSSR count). The van der Waals surface area contributed by atoms with Crippen LogP contribution < -0.4 is 0 Å². The Bertz CT molecular complexity index is 286. The molecule has 0 radical (unpaired) electrons. The Hall–Kier alpha value is -0.700. The van der Waals surface area contributed by atoms with Crippen molar-refractivity contribution >= 4 is 12.1 Å². The van der Waals surface area contributed by atoms with Gasteiger partial charge in [-0.1, -0.05) is 6.42 Å². The van der Waals surface area contributed by atoms with Crippen molar-refractivity contribution < 1.29 is 14.7 Å². The van der Waals surface area contributed by atoms with Crippen molar-refractivity contribution in [1.82, 2.24) is 0 Å². The number of fused-ring (bicyclic) bond motifs is 1. The summed E-state index contributed by atoms with van der Waals surface area (Å²) in [5, 5.41) is 10.4. The second kappa shape index (κ2) is 2.89. The Balaban J connectivity index is 2.41. The first-order chi connectivity index (χ1) is 6.54. The van der Waals surface area contributed by atoms with Gasteiger partial charge in [-0.25, -0.2) is 0 Å². The van der Waals surface area contributed by atoms with E-state index in [4.69, 9.17) is 0 Å². The van der Waals surface area contributed by atoms with Gasteiger partial charge in [0.05, 0.1) is 11.0 Å². The number of hydrogen-bond donors (Lipinski definition) is 1. The van der Waals surface area contributed by atoms with E-state index in [0.29, 0.717) is 12.8 Å². The minimum Gasteiger partial charge on any atom is -0.388 e. The van der Waals surface area contributed by atoms with Crippen LogP contribution in [0.25, 0.3) is 0 Å². The van der Waals surface area contributed by atoms with Crippen molar-refractivity contribution in [3.05, 3.63) is 0 Å². The molecule has 3 nitrogen and oxygen atoms in total. The molecule has 3 heteroatoms. The van der Waals surface area contributed by atoms with E-state index in [1.54, 1.807) is 0 Å². The third-order valence-electron chi connectivity index (χ3n) is 4.27. The summed E-state index contributed by atoms with van der Waals surface area (Å²) in [5.74, 6) is -0.209. The quantitative estimate of drug-likeness (QED) is 0.638. The topological polar surface area (TPSA) is 54.4 Å². The van der Waals surface area contributed by atoms with Crippen molar-refractivity contribution in [3.8, 4) is 0 Å². The second-order valence-electron chi connectivity index (χ2n) is 4.81. The normalized spacial score (nSPS) is 47.6. The number of ketones is 1. The first-order valence-corrected chi connectivity index (χ1v) is 5.25. The van der Waals surface area contributed by atoms with Gasteiger partial charge >= 0.3 is 0 Å². The molecule has 0 aromatic carbocycles. The number of rotatable bonds is 1. The van der Waals surface area contributed by atoms with E-state index in [0.717, 1.165) is 25.5 Å². The Morgan fingerprint density at radius 3 is 2.86 bits per heavy atom. The van der Waals surface area contributed by atoms with Crippen LogP contribution in [0, 0.1) is 11.3 Å². The molecule has 1 N–H and O–H groups in total. The molecule has 0 aromatic rings. The fourth-order valence-electron chi connectivity index (χ4n) is 3.14. The summed E-state index contributed by atoms with van der Waals surface area (Å²) in [6.45, 7) is 1.82. The Labute approximate surface area is 83.5 Å². The van der Waals surface area contributed by atoms with Gasteiger partial charge in [0.1, 0.15) is 12.1 Å². The van der Waals surface area contributed by atoms with E-state index in [9.17, 15) is 14.7 Å². The molecule has 0 saturated heterocycles. The van der Waals surface area contributed by atoms with E-state index in [2.05, 4.69) is 0 Å². The highest BCUT2D eigenvalue weighted by Crippen LogP contribution is 2.54. The highest BCUT2D eigenvalue weighted by atomic mass is 16.3. The van der Waals surface area contributed by atoms with Crippen molar-refractivity contribution in [2.45, 2.75) is 44.6 Å². The van der Waals surface area contributed by atoms with Gasteiger partial charge in [-0.3, -0.25) is 4.79 Å². The molecule has 0 amide bonds. The SMILES string of the molecule is C[C@@]12CCC[C@@H](C=O)[C@]1(O)CCC2=O. The van der Waals surface area contributed by atoms with E-state index >= 15 is 0 Å². The van der Waals surface area contributed by atoms with E-state index in [-0.39, 0.29) is 11.7 Å². The molecule has 2 aliphatic rings. The van der Waals surface area contributed by atoms with E-state index in [1.807, 2.05) is 6.92 Å². The monoisotopic (exact) mass is 196 g/mol. The zero-order valence-electron chi connectivity index (χ0n) is 8.45. The van der Waals surface area contributed by atoms with Crippen molar-refractivity contribution in [1.29, 1.82) is 0 Å². The van der Waals surface area contributed by atoms with Crippen LogP contribution in [0.3, 0.4) is 0 Å². The Morgan fingerprint density at radius 1 is 1.50 bits per heavy atom. The molecule has 0 aromatic heterocycles. The van der Waals surface area contributed by atoms with Crippen LogP contribution in [-0.4, -0.2) is 22.8 Å². The third-order valence-corrected chi connectivity index (χ3v) is 4.27. The molecule has 0 heterocycles. The Kier molecular flexibility index (Phi) is 2.03. The lowest BCUT2D eigenvalue weighted by Crippen LogP contribution is -2.54. The molecular formula is C11H16O3. The van der Waals surface area contributed by atoms with E-state index < -0.39 is 11.0 Å². The highest BCUT2D eigenvalue weighted by molar-refractivity contribution is 5.89. The van der Waals surface area contributed by atoms with E-state index in [1.165, 1.54) is 0 Å². The first kappa shape index (κ1) is 9.84. The maximum atomic E-state index is 11.7. The van der Waals surface area contributed by atoms with Crippen molar-refractivity contribution in [3.63, 3.8) is 0 Å². The van der Waals surface area contributed by atoms with Gasteiger partial charge in [0.15, 0.2) is 0 Å². The van der Waals surface area contributed by atoms with Crippen LogP contribution in [0.5, 0.6) is 0 Å². The molecule has 3 atom stereocenters. The predicted octanol–water partition coefficient (Wildman–Crippen LogP) is 1.09. The lowest BCUT2D eigenvalue weighted by molar-refractivity contribution is -0.155. The maximum absolute atomic E-state index is 11.7. The Morgan fingerprint density at radius 2 is 2.21 bits per heavy atom. The van der Waals surface area contributed by atoms with Gasteiger partial charge in [-0.2, -0.15) is 0 Å². The summed E-state index contributed by atoms with van der Waals surface area (Å²) in [6, 6.07) is 0. The standard InChI is InChI=1S/C11H16O3/c1-10-5-2-3-8(7-12)11(10,14)6-4-9(10)13/h7-8,14H,2-6H2,1H3/t8-,10-,11+/m0/s1. The smallest absolute Gasteiger partial charge is 0.141 e. The van der Waals surface area contributed by atoms with Gasteiger partial charge < -0.3 is 9.90 Å². The zero-order valence-corrected chi connectivity index (χ0v) is 8.45. The van der Waals surface area contributed by atoms with Gasteiger partial charge in [0.25, 0.3) is 0 Å². The molecule has 0 unspecified atom stereocenters. The molecule has 0 bridgehead atoms. The van der Waals surface area contributed by atoms with Gasteiger partial charge in [-0.05, 0) is 26.2 Å². The molecule has 2 saturated carbocycles. The number of carbonyl (C=O) groups excluding carboxylic acids is 2. The number of aldehydes is 1. The van der Waals surface area contributed by atoms with Crippen LogP contribution >= 0.6 is 0 Å². The summed E-state index contributed by atoms with van der Waals surface area (Å²) in [6.07, 6.45) is 4.04. The second-order valence-corrected chi connectivity index (χ2v) is 4.81. The van der Waals surface area contributed by atoms with Crippen molar-refractivity contribution in [2.24, 2.45) is 11.3 Å². The summed E-state index contributed by atoms with van der Waals surface area (Å²) in [4.78, 5) is 22.6. The number of aliphatic hydroxyl groups is 1. The molecule has 2 fully saturated rings. The van der Waals surface area contributed by atoms with Crippen LogP contribution in [0.1, 0.15) is 39.0 Å². The fourth-order valence-corrected chi connectivity index (χ4v) is 3.14. The predicted molar refractivity (Wildman–Crippen MR) is 50.7 cm³/mol. The fraction of sp³-hybridized carbons (Fsp3) is 0.818. The number of carbonyl (C=O) groups is 2. The van der Waals surface area contributed by atoms with Crippen LogP contribution in [0.15, 0.2) is 0 Å². The molecule has 0 spiro atoms. The summed E-state index contributed by atoms with van der Waals surface area (Å²) < 4.78 is 0. The van der Waals surface area contributed by atoms with Gasteiger partial charge in [0, 0.05) is 12.3 Å². The minimum absolute atomic E-state index is 0.131.